The second-order valence-electron chi connectivity index (χ2n) is 8.43. The summed E-state index contributed by atoms with van der Waals surface area (Å²) in [5.41, 5.74) is 1.77. The van der Waals surface area contributed by atoms with E-state index >= 15 is 0 Å². The number of rotatable bonds is 10. The first-order valence-corrected chi connectivity index (χ1v) is 12.5. The average molecular weight is 464 g/mol. The first-order chi connectivity index (χ1) is 16.0. The number of nitrogens with zero attached hydrogens (tertiary/aromatic N) is 2. The van der Waals surface area contributed by atoms with Crippen LogP contribution in [0.25, 0.3) is 11.4 Å². The van der Waals surface area contributed by atoms with Crippen LogP contribution in [0.3, 0.4) is 0 Å². The Bertz CT molecular complexity index is 1080. The summed E-state index contributed by atoms with van der Waals surface area (Å²) in [5, 5.41) is 13.3. The highest BCUT2D eigenvalue weighted by Gasteiger charge is 2.37. The Morgan fingerprint density at radius 3 is 2.64 bits per heavy atom. The number of carbonyl (C=O) groups excluding carboxylic acids is 2. The van der Waals surface area contributed by atoms with Gasteiger partial charge in [-0.05, 0) is 43.2 Å². The summed E-state index contributed by atoms with van der Waals surface area (Å²) in [6.07, 6.45) is 5.63. The van der Waals surface area contributed by atoms with Crippen molar-refractivity contribution in [1.29, 1.82) is 0 Å². The Balaban J connectivity index is 1.26. The van der Waals surface area contributed by atoms with E-state index in [4.69, 9.17) is 0 Å². The van der Waals surface area contributed by atoms with E-state index in [1.807, 2.05) is 30.3 Å². The molecule has 3 aromatic rings. The minimum atomic E-state index is -0.356. The van der Waals surface area contributed by atoms with Gasteiger partial charge in [-0.3, -0.25) is 14.7 Å². The Labute approximate surface area is 198 Å². The Morgan fingerprint density at radius 1 is 1.15 bits per heavy atom. The molecule has 8 heteroatoms. The molecule has 2 amide bonds. The van der Waals surface area contributed by atoms with Crippen molar-refractivity contribution in [2.75, 3.05) is 12.8 Å². The molecule has 0 aliphatic carbocycles. The van der Waals surface area contributed by atoms with Crippen LogP contribution in [0.5, 0.6) is 0 Å². The molecular formula is C25H29N5O2S. The fourth-order valence-corrected chi connectivity index (χ4v) is 4.61. The molecule has 0 saturated carbocycles. The molecule has 172 valence electrons. The van der Waals surface area contributed by atoms with Gasteiger partial charge in [-0.15, -0.1) is 11.8 Å². The van der Waals surface area contributed by atoms with E-state index < -0.39 is 0 Å². The molecule has 3 N–H and O–H groups in total. The standard InChI is InChI=1S/C25H29N5O2S/c1-33-20-9-7-18(8-10-20)17-25(15-12-23(32)28-25)14-11-22(31)26-16-13-21-27-24(30-29-21)19-5-3-2-4-6-19/h2-10H,11-17H2,1H3,(H,26,31)(H,28,32)(H,27,29,30). The lowest BCUT2D eigenvalue weighted by Gasteiger charge is -2.29. The predicted molar refractivity (Wildman–Crippen MR) is 130 cm³/mol. The fourth-order valence-electron chi connectivity index (χ4n) is 4.20. The predicted octanol–water partition coefficient (Wildman–Crippen LogP) is 3.52. The number of hydrogen-bond donors (Lipinski definition) is 3. The summed E-state index contributed by atoms with van der Waals surface area (Å²) < 4.78 is 0. The van der Waals surface area contributed by atoms with Gasteiger partial charge in [-0.25, -0.2) is 4.98 Å². The van der Waals surface area contributed by atoms with Crippen LogP contribution >= 0.6 is 11.8 Å². The van der Waals surface area contributed by atoms with Crippen LogP contribution in [0.15, 0.2) is 59.5 Å². The highest BCUT2D eigenvalue weighted by Crippen LogP contribution is 2.30. The number of carbonyl (C=O) groups is 2. The third-order valence-electron chi connectivity index (χ3n) is 6.02. The van der Waals surface area contributed by atoms with Crippen molar-refractivity contribution in [3.05, 3.63) is 66.0 Å². The largest absolute Gasteiger partial charge is 0.356 e. The molecule has 1 fully saturated rings. The molecule has 4 rings (SSSR count). The third kappa shape index (κ3) is 6.22. The van der Waals surface area contributed by atoms with Crippen LogP contribution in [-0.2, 0) is 22.4 Å². The SMILES string of the molecule is CSc1ccc(CC2(CCC(=O)NCCc3nc(-c4ccccc4)n[nH]3)CCC(=O)N2)cc1. The lowest BCUT2D eigenvalue weighted by Crippen LogP contribution is -2.44. The maximum Gasteiger partial charge on any atom is 0.220 e. The molecule has 7 nitrogen and oxygen atoms in total. The normalized spacial score (nSPS) is 17.7. The van der Waals surface area contributed by atoms with Gasteiger partial charge in [0.25, 0.3) is 0 Å². The molecule has 2 aromatic carbocycles. The summed E-state index contributed by atoms with van der Waals surface area (Å²) in [4.78, 5) is 30.2. The van der Waals surface area contributed by atoms with Crippen LogP contribution in [0, 0.1) is 0 Å². The maximum atomic E-state index is 12.5. The third-order valence-corrected chi connectivity index (χ3v) is 6.76. The van der Waals surface area contributed by atoms with Gasteiger partial charge in [0.1, 0.15) is 5.82 Å². The molecular weight excluding hydrogens is 434 g/mol. The number of aromatic amines is 1. The Morgan fingerprint density at radius 2 is 1.94 bits per heavy atom. The van der Waals surface area contributed by atoms with E-state index in [-0.39, 0.29) is 17.4 Å². The summed E-state index contributed by atoms with van der Waals surface area (Å²) in [6.45, 7) is 0.484. The first-order valence-electron chi connectivity index (χ1n) is 11.2. The lowest BCUT2D eigenvalue weighted by molar-refractivity contribution is -0.122. The van der Waals surface area contributed by atoms with Gasteiger partial charge in [0.05, 0.1) is 0 Å². The molecule has 1 aliphatic heterocycles. The number of H-pyrrole nitrogens is 1. The summed E-state index contributed by atoms with van der Waals surface area (Å²) in [7, 11) is 0. The zero-order valence-corrected chi connectivity index (χ0v) is 19.6. The van der Waals surface area contributed by atoms with Crippen molar-refractivity contribution in [2.45, 2.75) is 49.0 Å². The van der Waals surface area contributed by atoms with Crippen molar-refractivity contribution in [3.8, 4) is 11.4 Å². The first kappa shape index (κ1) is 23.0. The average Bonchev–Trinajstić information content (AvgIpc) is 3.46. The Hall–Kier alpha value is -3.13. The zero-order chi connectivity index (χ0) is 23.1. The van der Waals surface area contributed by atoms with Gasteiger partial charge >= 0.3 is 0 Å². The van der Waals surface area contributed by atoms with Crippen molar-refractivity contribution < 1.29 is 9.59 Å². The van der Waals surface area contributed by atoms with Gasteiger partial charge in [0, 0.05) is 41.8 Å². The minimum absolute atomic E-state index is 0.0175. The van der Waals surface area contributed by atoms with E-state index in [0.717, 1.165) is 24.2 Å². The monoisotopic (exact) mass is 463 g/mol. The van der Waals surface area contributed by atoms with Crippen molar-refractivity contribution >= 4 is 23.6 Å². The fraction of sp³-hybridized carbons (Fsp3) is 0.360. The molecule has 1 atom stereocenters. The van der Waals surface area contributed by atoms with E-state index in [1.165, 1.54) is 10.5 Å². The molecule has 0 bridgehead atoms. The molecule has 2 heterocycles. The van der Waals surface area contributed by atoms with Gasteiger partial charge < -0.3 is 10.6 Å². The number of benzene rings is 2. The van der Waals surface area contributed by atoms with E-state index in [0.29, 0.717) is 38.1 Å². The molecule has 1 aliphatic rings. The van der Waals surface area contributed by atoms with Crippen LogP contribution in [-0.4, -0.2) is 45.3 Å². The smallest absolute Gasteiger partial charge is 0.220 e. The number of aromatic nitrogens is 3. The van der Waals surface area contributed by atoms with Crippen LogP contribution < -0.4 is 10.6 Å². The van der Waals surface area contributed by atoms with Crippen molar-refractivity contribution in [3.63, 3.8) is 0 Å². The van der Waals surface area contributed by atoms with Crippen molar-refractivity contribution in [2.24, 2.45) is 0 Å². The molecule has 0 radical (unpaired) electrons. The molecule has 1 aromatic heterocycles. The van der Waals surface area contributed by atoms with Crippen LogP contribution in [0.1, 0.15) is 37.1 Å². The number of nitrogens with one attached hydrogen (secondary N) is 3. The molecule has 33 heavy (non-hydrogen) atoms. The van der Waals surface area contributed by atoms with E-state index in [2.05, 4.69) is 56.3 Å². The quantitative estimate of drug-likeness (QED) is 0.400. The topological polar surface area (TPSA) is 99.8 Å². The highest BCUT2D eigenvalue weighted by atomic mass is 32.2. The van der Waals surface area contributed by atoms with Crippen LogP contribution in [0.4, 0.5) is 0 Å². The maximum absolute atomic E-state index is 12.5. The van der Waals surface area contributed by atoms with Gasteiger partial charge in [-0.1, -0.05) is 42.5 Å². The number of hydrogen-bond acceptors (Lipinski definition) is 5. The second-order valence-corrected chi connectivity index (χ2v) is 9.30. The molecule has 0 spiro atoms. The van der Waals surface area contributed by atoms with Crippen LogP contribution in [0.2, 0.25) is 0 Å². The minimum Gasteiger partial charge on any atom is -0.356 e. The Kier molecular flexibility index (Phi) is 7.44. The second kappa shape index (κ2) is 10.7. The lowest BCUT2D eigenvalue weighted by atomic mass is 9.85. The van der Waals surface area contributed by atoms with Crippen molar-refractivity contribution in [1.82, 2.24) is 25.8 Å². The highest BCUT2D eigenvalue weighted by molar-refractivity contribution is 7.98. The molecule has 1 unspecified atom stereocenters. The summed E-state index contributed by atoms with van der Waals surface area (Å²) >= 11 is 1.71. The van der Waals surface area contributed by atoms with E-state index in [9.17, 15) is 9.59 Å². The van der Waals surface area contributed by atoms with E-state index in [1.54, 1.807) is 11.8 Å². The summed E-state index contributed by atoms with van der Waals surface area (Å²) in [6, 6.07) is 18.2. The van der Waals surface area contributed by atoms with Gasteiger partial charge in [-0.2, -0.15) is 5.10 Å². The summed E-state index contributed by atoms with van der Waals surface area (Å²) in [5.74, 6) is 1.44. The molecule has 1 saturated heterocycles. The number of amides is 2. The number of thioether (sulfide) groups is 1. The van der Waals surface area contributed by atoms with Gasteiger partial charge in [0.15, 0.2) is 5.82 Å². The van der Waals surface area contributed by atoms with Gasteiger partial charge in [0.2, 0.25) is 11.8 Å². The zero-order valence-electron chi connectivity index (χ0n) is 18.8.